The van der Waals surface area contributed by atoms with Crippen LogP contribution in [-0.4, -0.2) is 27.1 Å². The molecule has 0 spiro atoms. The highest BCUT2D eigenvalue weighted by molar-refractivity contribution is 5.99. The Balaban J connectivity index is 1.52. The number of amides is 1. The fourth-order valence-corrected chi connectivity index (χ4v) is 4.53. The van der Waals surface area contributed by atoms with Crippen LogP contribution in [0, 0.1) is 17.1 Å². The van der Waals surface area contributed by atoms with Crippen LogP contribution in [-0.2, 0) is 28.9 Å². The minimum atomic E-state index is -4.54. The number of alkyl halides is 5. The third kappa shape index (κ3) is 5.68. The molecule has 1 amide bonds. The minimum Gasteiger partial charge on any atom is -0.419 e. The van der Waals surface area contributed by atoms with Crippen molar-refractivity contribution in [3.63, 3.8) is 0 Å². The summed E-state index contributed by atoms with van der Waals surface area (Å²) in [5, 5.41) is 16.9. The van der Waals surface area contributed by atoms with Crippen LogP contribution < -0.4 is 10.6 Å². The van der Waals surface area contributed by atoms with E-state index in [1.165, 1.54) is 19.9 Å². The second-order valence-electron chi connectivity index (χ2n) is 10.6. The van der Waals surface area contributed by atoms with Gasteiger partial charge < -0.3 is 15.1 Å². The van der Waals surface area contributed by atoms with Gasteiger partial charge in [0.05, 0.1) is 41.2 Å². The van der Waals surface area contributed by atoms with Gasteiger partial charge in [0.2, 0.25) is 11.8 Å². The van der Waals surface area contributed by atoms with Crippen LogP contribution in [0.25, 0.3) is 22.7 Å². The highest BCUT2D eigenvalue weighted by Crippen LogP contribution is 2.45. The van der Waals surface area contributed by atoms with Crippen molar-refractivity contribution in [2.24, 2.45) is 5.73 Å². The second kappa shape index (κ2) is 10.5. The molecule has 4 aromatic rings. The number of fused-ring (bicyclic) bond motifs is 1. The van der Waals surface area contributed by atoms with Gasteiger partial charge in [0, 0.05) is 23.7 Å². The van der Waals surface area contributed by atoms with Crippen molar-refractivity contribution in [3.8, 4) is 28.8 Å². The van der Waals surface area contributed by atoms with Gasteiger partial charge in [-0.1, -0.05) is 24.3 Å². The third-order valence-electron chi connectivity index (χ3n) is 6.98. The lowest BCUT2D eigenvalue weighted by Crippen LogP contribution is -2.43. The molecule has 2 N–H and O–H groups in total. The first kappa shape index (κ1) is 29.7. The highest BCUT2D eigenvalue weighted by Gasteiger charge is 2.45. The summed E-state index contributed by atoms with van der Waals surface area (Å²) in [6, 6.07) is 10.3. The predicted molar refractivity (Wildman–Crippen MR) is 141 cm³/mol. The maximum absolute atomic E-state index is 15.3. The van der Waals surface area contributed by atoms with Gasteiger partial charge in [-0.05, 0) is 43.7 Å². The van der Waals surface area contributed by atoms with Gasteiger partial charge in [-0.15, -0.1) is 10.2 Å². The topological polar surface area (TPSA) is 122 Å². The molecule has 0 saturated heterocycles. The van der Waals surface area contributed by atoms with Gasteiger partial charge in [0.15, 0.2) is 0 Å². The number of rotatable bonds is 5. The van der Waals surface area contributed by atoms with E-state index in [9.17, 15) is 23.2 Å². The molecule has 3 heterocycles. The Labute approximate surface area is 240 Å². The number of nitrogens with zero attached hydrogens (tertiary/aromatic N) is 5. The summed E-state index contributed by atoms with van der Waals surface area (Å²) >= 11 is 0. The van der Waals surface area contributed by atoms with Crippen LogP contribution in [0.5, 0.6) is 0 Å². The third-order valence-corrected chi connectivity index (χ3v) is 6.98. The molecular weight excluding hydrogens is 578 g/mol. The number of carbonyl (C=O) groups excluding carboxylic acids is 1. The number of nitriles is 1. The monoisotopic (exact) mass is 600 g/mol. The average molecular weight is 601 g/mol. The van der Waals surface area contributed by atoms with Gasteiger partial charge in [-0.25, -0.2) is 13.2 Å². The molecule has 222 valence electrons. The largest absolute Gasteiger partial charge is 0.419 e. The summed E-state index contributed by atoms with van der Waals surface area (Å²) in [6.07, 6.45) is -4.89. The first-order valence-electron chi connectivity index (χ1n) is 12.8. The normalized spacial score (nSPS) is 16.9. The maximum Gasteiger partial charge on any atom is 0.417 e. The van der Waals surface area contributed by atoms with Gasteiger partial charge >= 0.3 is 6.18 Å². The number of carbonyl (C=O) groups is 1. The number of halogens is 6. The van der Waals surface area contributed by atoms with Crippen molar-refractivity contribution in [2.75, 3.05) is 4.90 Å². The van der Waals surface area contributed by atoms with Crippen molar-refractivity contribution in [1.82, 2.24) is 15.2 Å². The van der Waals surface area contributed by atoms with E-state index >= 15 is 13.2 Å². The molecule has 0 radical (unpaired) electrons. The van der Waals surface area contributed by atoms with E-state index in [2.05, 4.69) is 15.2 Å². The van der Waals surface area contributed by atoms with Crippen molar-refractivity contribution in [2.45, 2.75) is 50.4 Å². The number of hydrogen-bond acceptors (Lipinski definition) is 7. The summed E-state index contributed by atoms with van der Waals surface area (Å²) in [5.41, 5.74) is 3.47. The van der Waals surface area contributed by atoms with Crippen molar-refractivity contribution < 1.29 is 35.6 Å². The summed E-state index contributed by atoms with van der Waals surface area (Å²) in [7, 11) is 0. The fraction of sp³-hybridized carbons (Fsp3) is 0.276. The zero-order valence-corrected chi connectivity index (χ0v) is 22.6. The quantitative estimate of drug-likeness (QED) is 0.274. The first-order valence-corrected chi connectivity index (χ1v) is 12.8. The molecule has 0 bridgehead atoms. The van der Waals surface area contributed by atoms with Gasteiger partial charge in [-0.2, -0.15) is 18.4 Å². The summed E-state index contributed by atoms with van der Waals surface area (Å²) in [5.74, 6) is -6.13. The fourth-order valence-electron chi connectivity index (χ4n) is 4.53. The molecule has 0 fully saturated rings. The summed E-state index contributed by atoms with van der Waals surface area (Å²) in [6.45, 7) is 2.75. The van der Waals surface area contributed by atoms with Crippen LogP contribution in [0.15, 0.2) is 59.1 Å². The molecule has 0 saturated carbocycles. The lowest BCUT2D eigenvalue weighted by atomic mass is 9.96. The Bertz CT molecular complexity index is 1730. The molecular formula is C29H22F6N6O2. The number of anilines is 1. The SMILES string of the molecule is CC(C)(C#N)c1nnc(-c2cc3c(cc2F)C(F)(F)CC(N)C(=O)N3Cc2ccc(-c3ccc(C(F)(F)F)cn3)cc2)o1. The molecule has 14 heteroatoms. The Kier molecular flexibility index (Phi) is 7.25. The summed E-state index contributed by atoms with van der Waals surface area (Å²) < 4.78 is 89.9. The molecule has 0 aliphatic carbocycles. The molecule has 2 aromatic carbocycles. The van der Waals surface area contributed by atoms with Crippen molar-refractivity contribution >= 4 is 11.6 Å². The van der Waals surface area contributed by atoms with Gasteiger partial charge in [0.1, 0.15) is 11.2 Å². The van der Waals surface area contributed by atoms with Crippen LogP contribution in [0.3, 0.4) is 0 Å². The van der Waals surface area contributed by atoms with E-state index < -0.39 is 52.8 Å². The number of hydrogen-bond donors (Lipinski definition) is 1. The minimum absolute atomic E-state index is 0.123. The van der Waals surface area contributed by atoms with Crippen molar-refractivity contribution in [1.29, 1.82) is 5.26 Å². The molecule has 5 rings (SSSR count). The van der Waals surface area contributed by atoms with E-state index in [0.29, 0.717) is 23.4 Å². The maximum atomic E-state index is 15.3. The predicted octanol–water partition coefficient (Wildman–Crippen LogP) is 6.11. The molecule has 1 unspecified atom stereocenters. The number of pyridine rings is 1. The molecule has 1 aliphatic rings. The Morgan fingerprint density at radius 3 is 2.42 bits per heavy atom. The Morgan fingerprint density at radius 2 is 1.81 bits per heavy atom. The first-order chi connectivity index (χ1) is 20.1. The molecule has 43 heavy (non-hydrogen) atoms. The molecule has 2 aromatic heterocycles. The number of aromatic nitrogens is 3. The highest BCUT2D eigenvalue weighted by atomic mass is 19.4. The van der Waals surface area contributed by atoms with Gasteiger partial charge in [-0.3, -0.25) is 9.78 Å². The van der Waals surface area contributed by atoms with E-state index in [0.717, 1.165) is 17.0 Å². The van der Waals surface area contributed by atoms with Crippen molar-refractivity contribution in [3.05, 3.63) is 83.1 Å². The number of nitrogens with two attached hydrogens (primary N) is 1. The standard InChI is InChI=1S/C29H22F6N6O2/c1-27(2,14-36)26-40-39-24(43-26)18-9-23-19(10-20(18)30)28(31,32)11-21(37)25(42)41(23)13-15-3-5-16(6-4-15)22-8-7-17(12-38-22)29(33,34)35/h3-10,12,21H,11,13,37H2,1-2H3. The van der Waals surface area contributed by atoms with E-state index in [1.54, 1.807) is 24.3 Å². The lowest BCUT2D eigenvalue weighted by molar-refractivity contribution is -0.137. The smallest absolute Gasteiger partial charge is 0.417 e. The molecule has 1 atom stereocenters. The van der Waals surface area contributed by atoms with Crippen LogP contribution in [0.2, 0.25) is 0 Å². The second-order valence-corrected chi connectivity index (χ2v) is 10.6. The Morgan fingerprint density at radius 1 is 1.12 bits per heavy atom. The molecule has 8 nitrogen and oxygen atoms in total. The van der Waals surface area contributed by atoms with Crippen LogP contribution >= 0.6 is 0 Å². The van der Waals surface area contributed by atoms with Crippen LogP contribution in [0.4, 0.5) is 32.0 Å². The van der Waals surface area contributed by atoms with E-state index in [-0.39, 0.29) is 35.3 Å². The van der Waals surface area contributed by atoms with E-state index in [4.69, 9.17) is 10.2 Å². The Hall–Kier alpha value is -4.77. The molecule has 1 aliphatic heterocycles. The zero-order valence-electron chi connectivity index (χ0n) is 22.6. The lowest BCUT2D eigenvalue weighted by Gasteiger charge is -2.25. The van der Waals surface area contributed by atoms with Crippen LogP contribution in [0.1, 0.15) is 42.8 Å². The summed E-state index contributed by atoms with van der Waals surface area (Å²) in [4.78, 5) is 18.2. The van der Waals surface area contributed by atoms with E-state index in [1.807, 2.05) is 6.07 Å². The average Bonchev–Trinajstić information content (AvgIpc) is 3.44. The van der Waals surface area contributed by atoms with Gasteiger partial charge in [0.25, 0.3) is 11.8 Å². The zero-order chi connectivity index (χ0) is 31.3. The number of benzene rings is 2.